The summed E-state index contributed by atoms with van der Waals surface area (Å²) in [4.78, 5) is 0. The van der Waals surface area contributed by atoms with E-state index < -0.39 is 0 Å². The monoisotopic (exact) mass is 178 g/mol. The van der Waals surface area contributed by atoms with Gasteiger partial charge in [0, 0.05) is 0 Å². The van der Waals surface area contributed by atoms with Crippen molar-refractivity contribution >= 4 is 14.5 Å². The first-order valence-electron chi connectivity index (χ1n) is 3.02. The topological polar surface area (TPSA) is 0 Å². The molecule has 0 bridgehead atoms. The van der Waals surface area contributed by atoms with Crippen LogP contribution in [0.1, 0.15) is 12.6 Å². The summed E-state index contributed by atoms with van der Waals surface area (Å²) < 4.78 is 0. The van der Waals surface area contributed by atoms with Gasteiger partial charge >= 0.3 is 51.4 Å². The standard InChI is InChI=1S/C8H11P.K.H/c1-6-3-7(2)5-8(9)4-6;;/h3-5H,9H2,1-2H3;;/q;+1;-1. The molecule has 0 heterocycles. The molecule has 0 aromatic heterocycles. The van der Waals surface area contributed by atoms with E-state index in [2.05, 4.69) is 41.3 Å². The number of benzene rings is 1. The summed E-state index contributed by atoms with van der Waals surface area (Å²) in [5.41, 5.74) is 2.67. The predicted octanol–water partition coefficient (Wildman–Crippen LogP) is -1.08. The first kappa shape index (κ1) is 11.3. The first-order chi connectivity index (χ1) is 4.18. The molecule has 50 valence electrons. The molecule has 0 aliphatic rings. The maximum Gasteiger partial charge on any atom is 1.00 e. The van der Waals surface area contributed by atoms with Crippen LogP contribution in [0, 0.1) is 13.8 Å². The second kappa shape index (κ2) is 5.03. The normalized spacial score (nSPS) is 8.70. The molecule has 0 amide bonds. The fourth-order valence-electron chi connectivity index (χ4n) is 1.01. The number of rotatable bonds is 0. The third-order valence-electron chi connectivity index (χ3n) is 1.24. The molecule has 10 heavy (non-hydrogen) atoms. The second-order valence-corrected chi connectivity index (χ2v) is 3.09. The van der Waals surface area contributed by atoms with Gasteiger partial charge in [0.15, 0.2) is 0 Å². The summed E-state index contributed by atoms with van der Waals surface area (Å²) in [6.07, 6.45) is 0. The van der Waals surface area contributed by atoms with Gasteiger partial charge in [-0.3, -0.25) is 0 Å². The molecule has 0 aliphatic carbocycles. The molecule has 1 rings (SSSR count). The molecule has 0 fully saturated rings. The van der Waals surface area contributed by atoms with Gasteiger partial charge in [-0.25, -0.2) is 0 Å². The van der Waals surface area contributed by atoms with Crippen molar-refractivity contribution in [2.45, 2.75) is 13.8 Å². The first-order valence-corrected chi connectivity index (χ1v) is 3.60. The molecule has 0 saturated carbocycles. The Morgan fingerprint density at radius 3 is 1.80 bits per heavy atom. The molecule has 0 spiro atoms. The zero-order chi connectivity index (χ0) is 6.85. The summed E-state index contributed by atoms with van der Waals surface area (Å²) in [6.45, 7) is 4.22. The Morgan fingerprint density at radius 1 is 1.10 bits per heavy atom. The molecule has 0 saturated heterocycles. The SMILES string of the molecule is Cc1cc(C)cc(P)c1.[H-].[K+]. The zero-order valence-electron chi connectivity index (χ0n) is 7.81. The summed E-state index contributed by atoms with van der Waals surface area (Å²) in [7, 11) is 2.70. The van der Waals surface area contributed by atoms with Gasteiger partial charge in [-0.05, 0) is 19.2 Å². The van der Waals surface area contributed by atoms with Crippen LogP contribution in [0.4, 0.5) is 0 Å². The molecule has 0 radical (unpaired) electrons. The van der Waals surface area contributed by atoms with E-state index in [1.165, 1.54) is 16.4 Å². The van der Waals surface area contributed by atoms with Gasteiger partial charge in [-0.2, -0.15) is 0 Å². The van der Waals surface area contributed by atoms with Crippen molar-refractivity contribution in [3.8, 4) is 0 Å². The minimum absolute atomic E-state index is 0. The molecule has 0 N–H and O–H groups in total. The van der Waals surface area contributed by atoms with Gasteiger partial charge < -0.3 is 1.43 Å². The Bertz CT molecular complexity index is 175. The van der Waals surface area contributed by atoms with Crippen molar-refractivity contribution in [3.05, 3.63) is 29.3 Å². The van der Waals surface area contributed by atoms with E-state index in [4.69, 9.17) is 0 Å². The minimum atomic E-state index is 0. The van der Waals surface area contributed by atoms with Crippen LogP contribution < -0.4 is 56.7 Å². The number of aryl methyl sites for hydroxylation is 2. The van der Waals surface area contributed by atoms with Crippen LogP contribution in [0.25, 0.3) is 0 Å². The van der Waals surface area contributed by atoms with Crippen molar-refractivity contribution in [2.75, 3.05) is 0 Å². The van der Waals surface area contributed by atoms with E-state index in [1.54, 1.807) is 0 Å². The molecule has 1 atom stereocenters. The van der Waals surface area contributed by atoms with Gasteiger partial charge in [0.2, 0.25) is 0 Å². The smallest absolute Gasteiger partial charge is 1.00 e. The van der Waals surface area contributed by atoms with E-state index in [9.17, 15) is 0 Å². The molecule has 0 aliphatic heterocycles. The summed E-state index contributed by atoms with van der Waals surface area (Å²) >= 11 is 0. The molecular weight excluding hydrogens is 166 g/mol. The molecule has 1 aromatic carbocycles. The minimum Gasteiger partial charge on any atom is -1.00 e. The van der Waals surface area contributed by atoms with E-state index in [0.717, 1.165) is 0 Å². The van der Waals surface area contributed by atoms with Crippen molar-refractivity contribution in [3.63, 3.8) is 0 Å². The third-order valence-corrected chi connectivity index (χ3v) is 1.58. The summed E-state index contributed by atoms with van der Waals surface area (Å²) in [6, 6.07) is 6.48. The molecule has 2 heteroatoms. The maximum atomic E-state index is 2.70. The van der Waals surface area contributed by atoms with Gasteiger partial charge in [0.1, 0.15) is 0 Å². The van der Waals surface area contributed by atoms with E-state index >= 15 is 0 Å². The van der Waals surface area contributed by atoms with Crippen LogP contribution in [0.3, 0.4) is 0 Å². The molecular formula is C8H12KP. The summed E-state index contributed by atoms with van der Waals surface area (Å²) in [5, 5.41) is 1.27. The fraction of sp³-hybridized carbons (Fsp3) is 0.250. The van der Waals surface area contributed by atoms with Crippen LogP contribution in [0.2, 0.25) is 0 Å². The molecule has 1 aromatic rings. The molecule has 1 unspecified atom stereocenters. The maximum absolute atomic E-state index is 2.70. The van der Waals surface area contributed by atoms with Crippen molar-refractivity contribution < 1.29 is 52.8 Å². The van der Waals surface area contributed by atoms with Crippen LogP contribution in [-0.2, 0) is 0 Å². The number of hydrogen-bond donors (Lipinski definition) is 0. The Balaban J connectivity index is 0. The largest absolute Gasteiger partial charge is 1.00 e. The van der Waals surface area contributed by atoms with E-state index in [1.807, 2.05) is 0 Å². The fourth-order valence-corrected chi connectivity index (χ4v) is 1.54. The molecule has 0 nitrogen and oxygen atoms in total. The average Bonchev–Trinajstić information content (AvgIpc) is 1.59. The predicted molar refractivity (Wildman–Crippen MR) is 46.4 cm³/mol. The Morgan fingerprint density at radius 2 is 1.50 bits per heavy atom. The van der Waals surface area contributed by atoms with Gasteiger partial charge in [0.05, 0.1) is 0 Å². The van der Waals surface area contributed by atoms with Gasteiger partial charge in [-0.15, -0.1) is 9.24 Å². The van der Waals surface area contributed by atoms with Crippen LogP contribution in [0.5, 0.6) is 0 Å². The van der Waals surface area contributed by atoms with E-state index in [-0.39, 0.29) is 52.8 Å². The number of hydrogen-bond acceptors (Lipinski definition) is 0. The summed E-state index contributed by atoms with van der Waals surface area (Å²) in [5.74, 6) is 0. The third kappa shape index (κ3) is 3.61. The Labute approximate surface area is 109 Å². The van der Waals surface area contributed by atoms with Crippen LogP contribution >= 0.6 is 9.24 Å². The zero-order valence-corrected chi connectivity index (χ0v) is 11.1. The van der Waals surface area contributed by atoms with Gasteiger partial charge in [0.25, 0.3) is 0 Å². The van der Waals surface area contributed by atoms with Crippen molar-refractivity contribution in [1.29, 1.82) is 0 Å². The Kier molecular flexibility index (Phi) is 5.67. The average molecular weight is 178 g/mol. The Hall–Kier alpha value is 1.29. The van der Waals surface area contributed by atoms with E-state index in [0.29, 0.717) is 0 Å². The second-order valence-electron chi connectivity index (χ2n) is 2.42. The van der Waals surface area contributed by atoms with Crippen molar-refractivity contribution in [1.82, 2.24) is 0 Å². The van der Waals surface area contributed by atoms with Crippen LogP contribution in [0.15, 0.2) is 18.2 Å². The quantitative estimate of drug-likeness (QED) is 0.350. The van der Waals surface area contributed by atoms with Crippen molar-refractivity contribution in [2.24, 2.45) is 0 Å². The van der Waals surface area contributed by atoms with Gasteiger partial charge in [-0.1, -0.05) is 29.3 Å². The van der Waals surface area contributed by atoms with Crippen LogP contribution in [-0.4, -0.2) is 0 Å².